The van der Waals surface area contributed by atoms with Gasteiger partial charge in [-0.1, -0.05) is 26.0 Å². The smallest absolute Gasteiger partial charge is 0.323 e. The number of hydrogen-bond donors (Lipinski definition) is 5. The number of fused-ring (bicyclic) bond motifs is 3. The number of phenols is 2. The standard InChI is InChI=1S/C37H46N2O12.ClH/c1-17(2)12-21(38)36(46)49-16-25(40)37(47)14-20-28(24(15-37)51-26-13-22(31(41)18(3)50-26)39-10-5-6-11-39)35(45)30-29(33(20)43)32(42)19-8-7-9-23(48-4)27(19)34(30)44;/h7-9,17-18,21-22,24,26,31,41,43,45,47H,5-6,10-16,38H2,1-4H3;1H/t18-,21?,22-,24-,26-,31+,37-;/m0./s1. The molecule has 2 aromatic carbocycles. The summed E-state index contributed by atoms with van der Waals surface area (Å²) >= 11 is 0. The molecule has 2 fully saturated rings. The van der Waals surface area contributed by atoms with Gasteiger partial charge in [0.05, 0.1) is 42.1 Å². The third kappa shape index (κ3) is 7.05. The van der Waals surface area contributed by atoms with Gasteiger partial charge in [0, 0.05) is 42.0 Å². The molecule has 2 aliphatic carbocycles. The Hall–Kier alpha value is -3.63. The Labute approximate surface area is 307 Å². The zero-order chi connectivity index (χ0) is 36.9. The maximum absolute atomic E-state index is 14.0. The maximum atomic E-state index is 14.0. The van der Waals surface area contributed by atoms with E-state index in [2.05, 4.69) is 4.90 Å². The molecule has 15 heteroatoms. The number of halogens is 1. The fraction of sp³-hybridized carbons (Fsp3) is 0.568. The Morgan fingerprint density at radius 2 is 1.75 bits per heavy atom. The number of aliphatic hydroxyl groups excluding tert-OH is 1. The lowest BCUT2D eigenvalue weighted by atomic mass is 9.72. The zero-order valence-corrected chi connectivity index (χ0v) is 30.4. The summed E-state index contributed by atoms with van der Waals surface area (Å²) in [4.78, 5) is 56.3. The number of ketones is 3. The number of carbonyl (C=O) groups excluding carboxylic acids is 4. The summed E-state index contributed by atoms with van der Waals surface area (Å²) in [7, 11) is 1.33. The van der Waals surface area contributed by atoms with Crippen molar-refractivity contribution in [2.75, 3.05) is 26.8 Å². The van der Waals surface area contributed by atoms with Gasteiger partial charge in [-0.15, -0.1) is 12.4 Å². The Balaban J connectivity index is 0.00000523. The maximum Gasteiger partial charge on any atom is 0.323 e. The highest BCUT2D eigenvalue weighted by Crippen LogP contribution is 2.52. The lowest BCUT2D eigenvalue weighted by Crippen LogP contribution is -2.55. The quantitative estimate of drug-likeness (QED) is 0.149. The van der Waals surface area contributed by atoms with Crippen LogP contribution < -0.4 is 10.5 Å². The van der Waals surface area contributed by atoms with Gasteiger partial charge in [0.25, 0.3) is 0 Å². The van der Waals surface area contributed by atoms with Gasteiger partial charge in [0.15, 0.2) is 18.7 Å². The molecule has 6 N–H and O–H groups in total. The molecule has 1 unspecified atom stereocenters. The van der Waals surface area contributed by atoms with Crippen molar-refractivity contribution in [1.82, 2.24) is 4.90 Å². The van der Waals surface area contributed by atoms with Crippen molar-refractivity contribution in [3.63, 3.8) is 0 Å². The van der Waals surface area contributed by atoms with Crippen LogP contribution in [0.4, 0.5) is 0 Å². The summed E-state index contributed by atoms with van der Waals surface area (Å²) in [6.45, 7) is 6.17. The first kappa shape index (κ1) is 39.6. The van der Waals surface area contributed by atoms with Crippen molar-refractivity contribution in [1.29, 1.82) is 0 Å². The van der Waals surface area contributed by atoms with Crippen LogP contribution in [0.25, 0.3) is 0 Å². The summed E-state index contributed by atoms with van der Waals surface area (Å²) in [5, 5.41) is 46.6. The first-order valence-electron chi connectivity index (χ1n) is 17.4. The van der Waals surface area contributed by atoms with Crippen LogP contribution in [-0.2, 0) is 30.2 Å². The number of aromatic hydroxyl groups is 2. The molecule has 0 spiro atoms. The second-order valence-electron chi connectivity index (χ2n) is 14.5. The van der Waals surface area contributed by atoms with Crippen molar-refractivity contribution in [3.8, 4) is 17.2 Å². The van der Waals surface area contributed by atoms with E-state index in [-0.39, 0.29) is 58.8 Å². The van der Waals surface area contributed by atoms with Gasteiger partial charge in [-0.25, -0.2) is 0 Å². The van der Waals surface area contributed by atoms with Crippen LogP contribution in [0.3, 0.4) is 0 Å². The largest absolute Gasteiger partial charge is 0.507 e. The lowest BCUT2D eigenvalue weighted by molar-refractivity contribution is -0.257. The average molecular weight is 747 g/mol. The number of methoxy groups -OCH3 is 1. The number of aliphatic hydroxyl groups is 2. The highest BCUT2D eigenvalue weighted by atomic mass is 35.5. The topological polar surface area (TPSA) is 215 Å². The van der Waals surface area contributed by atoms with E-state index < -0.39 is 102 Å². The van der Waals surface area contributed by atoms with E-state index in [9.17, 15) is 39.6 Å². The number of nitrogens with zero attached hydrogens (tertiary/aromatic N) is 1. The zero-order valence-electron chi connectivity index (χ0n) is 29.6. The van der Waals surface area contributed by atoms with Gasteiger partial charge in [0.2, 0.25) is 11.6 Å². The van der Waals surface area contributed by atoms with Crippen LogP contribution in [0, 0.1) is 5.92 Å². The van der Waals surface area contributed by atoms with Crippen molar-refractivity contribution < 1.29 is 58.6 Å². The molecule has 284 valence electrons. The number of likely N-dealkylation sites (tertiary alicyclic amines) is 1. The van der Waals surface area contributed by atoms with Gasteiger partial charge >= 0.3 is 5.97 Å². The molecule has 6 rings (SSSR count). The molecule has 0 bridgehead atoms. The predicted molar refractivity (Wildman–Crippen MR) is 187 cm³/mol. The molecule has 2 aromatic rings. The second-order valence-corrected chi connectivity index (χ2v) is 14.5. The molecule has 14 nitrogen and oxygen atoms in total. The number of Topliss-reactive ketones (excluding diaryl/α,β-unsaturated/α-hetero) is 1. The molecule has 2 saturated heterocycles. The van der Waals surface area contributed by atoms with Crippen molar-refractivity contribution >= 4 is 35.7 Å². The number of rotatable bonds is 10. The lowest BCUT2D eigenvalue weighted by Gasteiger charge is -2.44. The molecule has 0 saturated carbocycles. The van der Waals surface area contributed by atoms with E-state index in [1.807, 2.05) is 13.8 Å². The van der Waals surface area contributed by atoms with E-state index in [1.165, 1.54) is 25.3 Å². The summed E-state index contributed by atoms with van der Waals surface area (Å²) in [5.41, 5.74) is 2.22. The summed E-state index contributed by atoms with van der Waals surface area (Å²) in [5.74, 6) is -4.47. The number of nitrogens with two attached hydrogens (primary N) is 1. The fourth-order valence-electron chi connectivity index (χ4n) is 7.96. The molecule has 52 heavy (non-hydrogen) atoms. The SMILES string of the molecule is COc1cccc2c1C(=O)c1c(O)c3c(c(O)c1C2=O)C[C@@](O)(C(=O)COC(=O)C(N)CC(C)C)C[C@@H]3O[C@H]1C[C@H](N2CCCC2)[C@H](O)[C@H](C)O1.Cl. The van der Waals surface area contributed by atoms with E-state index >= 15 is 0 Å². The third-order valence-corrected chi connectivity index (χ3v) is 10.6. The third-order valence-electron chi connectivity index (χ3n) is 10.6. The van der Waals surface area contributed by atoms with Gasteiger partial charge in [-0.05, 0) is 51.3 Å². The Morgan fingerprint density at radius 1 is 1.08 bits per heavy atom. The van der Waals surface area contributed by atoms with Gasteiger partial charge in [0.1, 0.15) is 28.9 Å². The number of hydrogen-bond acceptors (Lipinski definition) is 14. The molecule has 0 radical (unpaired) electrons. The minimum absolute atomic E-state index is 0. The summed E-state index contributed by atoms with van der Waals surface area (Å²) in [6, 6.07) is 3.09. The van der Waals surface area contributed by atoms with E-state index in [1.54, 1.807) is 6.92 Å². The second kappa shape index (κ2) is 15.4. The van der Waals surface area contributed by atoms with Crippen LogP contribution in [0.15, 0.2) is 18.2 Å². The van der Waals surface area contributed by atoms with Crippen LogP contribution in [0.1, 0.15) is 102 Å². The Morgan fingerprint density at radius 3 is 2.40 bits per heavy atom. The minimum Gasteiger partial charge on any atom is -0.507 e. The van der Waals surface area contributed by atoms with E-state index in [0.29, 0.717) is 6.42 Å². The minimum atomic E-state index is -2.32. The monoisotopic (exact) mass is 746 g/mol. The van der Waals surface area contributed by atoms with Gasteiger partial charge < -0.3 is 45.1 Å². The van der Waals surface area contributed by atoms with Crippen LogP contribution in [0.2, 0.25) is 0 Å². The highest BCUT2D eigenvalue weighted by Gasteiger charge is 2.51. The molecule has 4 aliphatic rings. The average Bonchev–Trinajstić information content (AvgIpc) is 3.63. The highest BCUT2D eigenvalue weighted by molar-refractivity contribution is 6.31. The molecular formula is C37H47ClN2O12. The van der Waals surface area contributed by atoms with Gasteiger partial charge in [-0.2, -0.15) is 0 Å². The molecule has 7 atom stereocenters. The first-order valence-corrected chi connectivity index (χ1v) is 17.4. The molecular weight excluding hydrogens is 700 g/mol. The molecule has 0 amide bonds. The normalized spacial score (nSPS) is 27.7. The number of ether oxygens (including phenoxy) is 4. The molecule has 2 aliphatic heterocycles. The van der Waals surface area contributed by atoms with Crippen LogP contribution in [0.5, 0.6) is 17.2 Å². The molecule has 2 heterocycles. The Kier molecular flexibility index (Phi) is 11.7. The molecule has 0 aromatic heterocycles. The van der Waals surface area contributed by atoms with E-state index in [4.69, 9.17) is 24.7 Å². The summed E-state index contributed by atoms with van der Waals surface area (Å²) in [6.07, 6.45) is -2.50. The summed E-state index contributed by atoms with van der Waals surface area (Å²) < 4.78 is 23.0. The van der Waals surface area contributed by atoms with Gasteiger partial charge in [-0.3, -0.25) is 24.1 Å². The number of phenolic OH excluding ortho intramolecular Hbond substituents is 2. The van der Waals surface area contributed by atoms with Crippen LogP contribution in [-0.4, -0.2) is 112 Å². The van der Waals surface area contributed by atoms with Crippen molar-refractivity contribution in [2.24, 2.45) is 11.7 Å². The van der Waals surface area contributed by atoms with Crippen molar-refractivity contribution in [2.45, 2.75) is 102 Å². The van der Waals surface area contributed by atoms with Crippen LogP contribution >= 0.6 is 12.4 Å². The predicted octanol–water partition coefficient (Wildman–Crippen LogP) is 2.48. The fourth-order valence-corrected chi connectivity index (χ4v) is 7.96. The Bertz CT molecular complexity index is 1740. The number of esters is 1. The number of benzene rings is 2. The van der Waals surface area contributed by atoms with Crippen molar-refractivity contribution in [3.05, 3.63) is 51.6 Å². The van der Waals surface area contributed by atoms with E-state index in [0.717, 1.165) is 25.9 Å². The number of carbonyl (C=O) groups is 4. The first-order chi connectivity index (χ1) is 24.2.